The molecule has 0 spiro atoms. The Bertz CT molecular complexity index is 621. The number of anilines is 2. The molecule has 0 aliphatic heterocycles. The molecular formula is C12H12N4O3. The van der Waals surface area contributed by atoms with E-state index in [4.69, 9.17) is 5.73 Å². The zero-order chi connectivity index (χ0) is 13.8. The molecule has 0 bridgehead atoms. The van der Waals surface area contributed by atoms with Crippen LogP contribution in [-0.2, 0) is 11.2 Å². The average molecular weight is 260 g/mol. The van der Waals surface area contributed by atoms with Crippen molar-refractivity contribution in [2.45, 2.75) is 13.3 Å². The number of hydrogen-bond acceptors (Lipinski definition) is 6. The van der Waals surface area contributed by atoms with E-state index in [-0.39, 0.29) is 29.6 Å². The first-order chi connectivity index (χ1) is 9.06. The van der Waals surface area contributed by atoms with Crippen LogP contribution in [0.25, 0.3) is 0 Å². The third-order valence-electron chi connectivity index (χ3n) is 2.47. The van der Waals surface area contributed by atoms with E-state index in [1.54, 1.807) is 24.3 Å². The largest absolute Gasteiger partial charge is 0.379 e. The number of Topliss-reactive ketones (excluding diaryl/α,β-unsaturated/α-hetero) is 1. The van der Waals surface area contributed by atoms with Crippen molar-refractivity contribution in [2.75, 3.05) is 11.1 Å². The lowest BCUT2D eigenvalue weighted by Gasteiger charge is -2.05. The first-order valence-corrected chi connectivity index (χ1v) is 5.54. The number of amides is 1. The van der Waals surface area contributed by atoms with Crippen LogP contribution in [0.3, 0.4) is 0 Å². The van der Waals surface area contributed by atoms with Gasteiger partial charge in [0.25, 0.3) is 0 Å². The highest BCUT2D eigenvalue weighted by Crippen LogP contribution is 2.12. The van der Waals surface area contributed by atoms with E-state index in [2.05, 4.69) is 20.3 Å². The van der Waals surface area contributed by atoms with E-state index >= 15 is 0 Å². The van der Waals surface area contributed by atoms with Gasteiger partial charge < -0.3 is 11.1 Å². The summed E-state index contributed by atoms with van der Waals surface area (Å²) in [4.78, 5) is 23.0. The molecule has 7 nitrogen and oxygen atoms in total. The van der Waals surface area contributed by atoms with Gasteiger partial charge in [0.05, 0.1) is 6.42 Å². The highest BCUT2D eigenvalue weighted by atomic mass is 16.6. The summed E-state index contributed by atoms with van der Waals surface area (Å²) in [6.07, 6.45) is -0.0420. The number of ketones is 1. The Balaban J connectivity index is 2.05. The minimum absolute atomic E-state index is 0.0420. The minimum Gasteiger partial charge on any atom is -0.379 e. The maximum atomic E-state index is 11.8. The van der Waals surface area contributed by atoms with Crippen LogP contribution >= 0.6 is 0 Å². The molecule has 1 aromatic heterocycles. The Labute approximate surface area is 108 Å². The second kappa shape index (κ2) is 5.30. The normalized spacial score (nSPS) is 10.2. The molecule has 1 aromatic carbocycles. The summed E-state index contributed by atoms with van der Waals surface area (Å²) in [6, 6.07) is 6.66. The van der Waals surface area contributed by atoms with Gasteiger partial charge >= 0.3 is 0 Å². The summed E-state index contributed by atoms with van der Waals surface area (Å²) < 4.78 is 4.40. The van der Waals surface area contributed by atoms with Crippen molar-refractivity contribution in [3.63, 3.8) is 0 Å². The minimum atomic E-state index is -0.317. The summed E-state index contributed by atoms with van der Waals surface area (Å²) in [5.41, 5.74) is 6.80. The van der Waals surface area contributed by atoms with Gasteiger partial charge in [-0.2, -0.15) is 0 Å². The highest BCUT2D eigenvalue weighted by molar-refractivity contribution is 5.97. The molecule has 19 heavy (non-hydrogen) atoms. The molecule has 1 amide bonds. The molecule has 7 heteroatoms. The van der Waals surface area contributed by atoms with Crippen LogP contribution in [0, 0.1) is 0 Å². The van der Waals surface area contributed by atoms with Crippen LogP contribution in [0.15, 0.2) is 28.9 Å². The predicted octanol–water partition coefficient (Wildman–Crippen LogP) is 1.04. The number of rotatable bonds is 4. The Morgan fingerprint density at radius 2 is 2.16 bits per heavy atom. The number of nitrogen functional groups attached to an aromatic ring is 1. The zero-order valence-electron chi connectivity index (χ0n) is 10.2. The SMILES string of the molecule is CC(=O)c1cccc(NC(=O)Cc2nonc2N)c1. The smallest absolute Gasteiger partial charge is 0.230 e. The second-order valence-electron chi connectivity index (χ2n) is 3.96. The third kappa shape index (κ3) is 3.15. The average Bonchev–Trinajstić information content (AvgIpc) is 2.75. The number of nitrogens with two attached hydrogens (primary N) is 1. The maximum Gasteiger partial charge on any atom is 0.230 e. The molecule has 0 atom stereocenters. The lowest BCUT2D eigenvalue weighted by molar-refractivity contribution is -0.115. The van der Waals surface area contributed by atoms with E-state index in [1.807, 2.05) is 0 Å². The van der Waals surface area contributed by atoms with Gasteiger partial charge in [0, 0.05) is 11.3 Å². The molecule has 0 radical (unpaired) electrons. The van der Waals surface area contributed by atoms with Crippen molar-refractivity contribution < 1.29 is 14.2 Å². The predicted molar refractivity (Wildman–Crippen MR) is 67.5 cm³/mol. The van der Waals surface area contributed by atoms with Gasteiger partial charge in [0.15, 0.2) is 11.6 Å². The number of nitrogens with one attached hydrogen (secondary N) is 1. The summed E-state index contributed by atoms with van der Waals surface area (Å²) in [7, 11) is 0. The number of nitrogens with zero attached hydrogens (tertiary/aromatic N) is 2. The lowest BCUT2D eigenvalue weighted by Crippen LogP contribution is -2.15. The van der Waals surface area contributed by atoms with E-state index in [0.29, 0.717) is 11.3 Å². The zero-order valence-corrected chi connectivity index (χ0v) is 10.2. The molecular weight excluding hydrogens is 248 g/mol. The molecule has 0 aliphatic rings. The van der Waals surface area contributed by atoms with E-state index < -0.39 is 0 Å². The molecule has 0 saturated carbocycles. The van der Waals surface area contributed by atoms with Crippen LogP contribution in [0.4, 0.5) is 11.5 Å². The van der Waals surface area contributed by atoms with Crippen molar-refractivity contribution in [3.05, 3.63) is 35.5 Å². The number of hydrogen-bond donors (Lipinski definition) is 2. The van der Waals surface area contributed by atoms with Gasteiger partial charge in [-0.3, -0.25) is 9.59 Å². The lowest BCUT2D eigenvalue weighted by atomic mass is 10.1. The fourth-order valence-electron chi connectivity index (χ4n) is 1.51. The van der Waals surface area contributed by atoms with E-state index in [0.717, 1.165) is 0 Å². The van der Waals surface area contributed by atoms with Crippen LogP contribution in [0.2, 0.25) is 0 Å². The molecule has 2 aromatic rings. The summed E-state index contributed by atoms with van der Waals surface area (Å²) >= 11 is 0. The van der Waals surface area contributed by atoms with Crippen molar-refractivity contribution in [3.8, 4) is 0 Å². The number of carbonyl (C=O) groups excluding carboxylic acids is 2. The maximum absolute atomic E-state index is 11.8. The quantitative estimate of drug-likeness (QED) is 0.794. The number of benzene rings is 1. The van der Waals surface area contributed by atoms with Crippen molar-refractivity contribution in [1.82, 2.24) is 10.3 Å². The Hall–Kier alpha value is -2.70. The Morgan fingerprint density at radius 3 is 2.79 bits per heavy atom. The second-order valence-corrected chi connectivity index (χ2v) is 3.96. The van der Waals surface area contributed by atoms with Gasteiger partial charge in [0.1, 0.15) is 5.69 Å². The fraction of sp³-hybridized carbons (Fsp3) is 0.167. The third-order valence-corrected chi connectivity index (χ3v) is 2.47. The standard InChI is InChI=1S/C12H12N4O3/c1-7(17)8-3-2-4-9(5-8)14-11(18)6-10-12(13)16-19-15-10/h2-5H,6H2,1H3,(H2,13,16)(H,14,18). The van der Waals surface area contributed by atoms with Gasteiger partial charge in [-0.15, -0.1) is 0 Å². The molecule has 0 saturated heterocycles. The Morgan fingerprint density at radius 1 is 1.37 bits per heavy atom. The monoisotopic (exact) mass is 260 g/mol. The molecule has 0 fully saturated rings. The first kappa shape index (κ1) is 12.7. The highest BCUT2D eigenvalue weighted by Gasteiger charge is 2.12. The first-order valence-electron chi connectivity index (χ1n) is 5.54. The molecule has 2 rings (SSSR count). The summed E-state index contributed by atoms with van der Waals surface area (Å²) in [6.45, 7) is 1.46. The van der Waals surface area contributed by atoms with Crippen LogP contribution in [0.5, 0.6) is 0 Å². The van der Waals surface area contributed by atoms with E-state index in [9.17, 15) is 9.59 Å². The van der Waals surface area contributed by atoms with Crippen molar-refractivity contribution in [1.29, 1.82) is 0 Å². The van der Waals surface area contributed by atoms with Crippen LogP contribution in [-0.4, -0.2) is 22.0 Å². The van der Waals surface area contributed by atoms with Gasteiger partial charge in [-0.1, -0.05) is 17.3 Å². The Kier molecular flexibility index (Phi) is 3.56. The van der Waals surface area contributed by atoms with Crippen LogP contribution < -0.4 is 11.1 Å². The summed E-state index contributed by atoms with van der Waals surface area (Å²) in [5.74, 6) is -0.295. The van der Waals surface area contributed by atoms with Crippen molar-refractivity contribution in [2.24, 2.45) is 0 Å². The van der Waals surface area contributed by atoms with Gasteiger partial charge in [-0.05, 0) is 24.2 Å². The van der Waals surface area contributed by atoms with E-state index in [1.165, 1.54) is 6.92 Å². The topological polar surface area (TPSA) is 111 Å². The van der Waals surface area contributed by atoms with Gasteiger partial charge in [-0.25, -0.2) is 4.63 Å². The van der Waals surface area contributed by atoms with Gasteiger partial charge in [0.2, 0.25) is 5.91 Å². The van der Waals surface area contributed by atoms with Crippen LogP contribution in [0.1, 0.15) is 23.0 Å². The number of carbonyl (C=O) groups is 2. The summed E-state index contributed by atoms with van der Waals surface area (Å²) in [5, 5.41) is 9.54. The molecule has 0 aliphatic carbocycles. The number of aromatic nitrogens is 2. The fourth-order valence-corrected chi connectivity index (χ4v) is 1.51. The molecule has 0 unspecified atom stereocenters. The molecule has 98 valence electrons. The molecule has 3 N–H and O–H groups in total. The molecule has 1 heterocycles. The van der Waals surface area contributed by atoms with Crippen molar-refractivity contribution >= 4 is 23.2 Å².